The third-order valence-corrected chi connectivity index (χ3v) is 3.70. The standard InChI is InChI=1S/C11H15N3S/c1-11(2,12-3)10-14-9(7-15-10)8-5-4-6-13-8/h4-7,12-13H,1-3H3. The molecule has 0 unspecified atom stereocenters. The third kappa shape index (κ3) is 1.96. The second-order valence-corrected chi connectivity index (χ2v) is 4.85. The van der Waals surface area contributed by atoms with Crippen LogP contribution in [0.5, 0.6) is 0 Å². The maximum absolute atomic E-state index is 4.62. The van der Waals surface area contributed by atoms with E-state index in [1.807, 2.05) is 25.4 Å². The van der Waals surface area contributed by atoms with Crippen molar-refractivity contribution in [3.63, 3.8) is 0 Å². The highest BCUT2D eigenvalue weighted by atomic mass is 32.1. The van der Waals surface area contributed by atoms with Crippen molar-refractivity contribution in [2.75, 3.05) is 7.05 Å². The zero-order valence-corrected chi connectivity index (χ0v) is 9.98. The molecule has 2 N–H and O–H groups in total. The van der Waals surface area contributed by atoms with Crippen LogP contribution in [-0.2, 0) is 5.54 Å². The molecular formula is C11H15N3S. The maximum atomic E-state index is 4.62. The van der Waals surface area contributed by atoms with E-state index in [2.05, 4.69) is 34.5 Å². The normalized spacial score (nSPS) is 11.9. The van der Waals surface area contributed by atoms with Crippen molar-refractivity contribution in [3.8, 4) is 11.4 Å². The lowest BCUT2D eigenvalue weighted by Crippen LogP contribution is -2.32. The molecular weight excluding hydrogens is 206 g/mol. The Hall–Kier alpha value is -1.13. The lowest BCUT2D eigenvalue weighted by Gasteiger charge is -2.20. The quantitative estimate of drug-likeness (QED) is 0.836. The highest BCUT2D eigenvalue weighted by molar-refractivity contribution is 7.10. The molecule has 0 radical (unpaired) electrons. The summed E-state index contributed by atoms with van der Waals surface area (Å²) >= 11 is 1.69. The Labute approximate surface area is 93.6 Å². The van der Waals surface area contributed by atoms with Crippen LogP contribution in [0.25, 0.3) is 11.4 Å². The van der Waals surface area contributed by atoms with Crippen LogP contribution in [0.15, 0.2) is 23.7 Å². The minimum atomic E-state index is -0.0600. The molecule has 0 spiro atoms. The molecule has 80 valence electrons. The van der Waals surface area contributed by atoms with Crippen LogP contribution in [0.4, 0.5) is 0 Å². The molecule has 0 amide bonds. The van der Waals surface area contributed by atoms with E-state index in [1.54, 1.807) is 11.3 Å². The van der Waals surface area contributed by atoms with Gasteiger partial charge in [-0.15, -0.1) is 11.3 Å². The van der Waals surface area contributed by atoms with Crippen LogP contribution >= 0.6 is 11.3 Å². The predicted molar refractivity (Wildman–Crippen MR) is 64.0 cm³/mol. The van der Waals surface area contributed by atoms with Crippen molar-refractivity contribution in [3.05, 3.63) is 28.7 Å². The Morgan fingerprint density at radius 1 is 1.47 bits per heavy atom. The Bertz CT molecular complexity index is 428. The Kier molecular flexibility index (Phi) is 2.63. The van der Waals surface area contributed by atoms with Gasteiger partial charge in [-0.3, -0.25) is 0 Å². The molecule has 2 heterocycles. The molecule has 4 heteroatoms. The highest BCUT2D eigenvalue weighted by Gasteiger charge is 2.21. The first-order chi connectivity index (χ1) is 7.13. The number of hydrogen-bond donors (Lipinski definition) is 2. The van der Waals surface area contributed by atoms with E-state index in [-0.39, 0.29) is 5.54 Å². The molecule has 15 heavy (non-hydrogen) atoms. The van der Waals surface area contributed by atoms with Crippen LogP contribution in [0.1, 0.15) is 18.9 Å². The first kappa shape index (κ1) is 10.4. The molecule has 2 rings (SSSR count). The smallest absolute Gasteiger partial charge is 0.113 e. The van der Waals surface area contributed by atoms with Gasteiger partial charge in [-0.2, -0.15) is 0 Å². The fourth-order valence-electron chi connectivity index (χ4n) is 1.28. The van der Waals surface area contributed by atoms with Gasteiger partial charge in [0.2, 0.25) is 0 Å². The Morgan fingerprint density at radius 3 is 2.87 bits per heavy atom. The summed E-state index contributed by atoms with van der Waals surface area (Å²) in [5.74, 6) is 0. The first-order valence-electron chi connectivity index (χ1n) is 4.92. The fourth-order valence-corrected chi connectivity index (χ4v) is 2.23. The molecule has 3 nitrogen and oxygen atoms in total. The molecule has 0 saturated carbocycles. The van der Waals surface area contributed by atoms with Crippen LogP contribution in [0, 0.1) is 0 Å². The van der Waals surface area contributed by atoms with Crippen LogP contribution in [0.2, 0.25) is 0 Å². The van der Waals surface area contributed by atoms with Gasteiger partial charge in [0.05, 0.1) is 16.9 Å². The van der Waals surface area contributed by atoms with E-state index < -0.39 is 0 Å². The fraction of sp³-hybridized carbons (Fsp3) is 0.364. The van der Waals surface area contributed by atoms with Gasteiger partial charge in [-0.1, -0.05) is 0 Å². The number of H-pyrrole nitrogens is 1. The van der Waals surface area contributed by atoms with E-state index >= 15 is 0 Å². The number of thiazole rings is 1. The minimum Gasteiger partial charge on any atom is -0.360 e. The van der Waals surface area contributed by atoms with Gasteiger partial charge in [0.25, 0.3) is 0 Å². The lowest BCUT2D eigenvalue weighted by atomic mass is 10.1. The summed E-state index contributed by atoms with van der Waals surface area (Å²) in [6.45, 7) is 4.26. The van der Waals surface area contributed by atoms with E-state index in [1.165, 1.54) is 0 Å². The molecule has 0 aliphatic rings. The first-order valence-corrected chi connectivity index (χ1v) is 5.80. The van der Waals surface area contributed by atoms with E-state index in [9.17, 15) is 0 Å². The van der Waals surface area contributed by atoms with E-state index in [4.69, 9.17) is 0 Å². The molecule has 0 aliphatic carbocycles. The van der Waals surface area contributed by atoms with Crippen molar-refractivity contribution < 1.29 is 0 Å². The molecule has 0 fully saturated rings. The largest absolute Gasteiger partial charge is 0.360 e. The zero-order chi connectivity index (χ0) is 10.9. The van der Waals surface area contributed by atoms with Gasteiger partial charge < -0.3 is 10.3 Å². The average molecular weight is 221 g/mol. The van der Waals surface area contributed by atoms with Gasteiger partial charge in [0.1, 0.15) is 5.01 Å². The number of hydrogen-bond acceptors (Lipinski definition) is 3. The van der Waals surface area contributed by atoms with Crippen molar-refractivity contribution in [2.24, 2.45) is 0 Å². The second kappa shape index (κ2) is 3.79. The van der Waals surface area contributed by atoms with Gasteiger partial charge >= 0.3 is 0 Å². The van der Waals surface area contributed by atoms with E-state index in [0.29, 0.717) is 0 Å². The van der Waals surface area contributed by atoms with Gasteiger partial charge in [0.15, 0.2) is 0 Å². The third-order valence-electron chi connectivity index (χ3n) is 2.54. The molecule has 0 saturated heterocycles. The summed E-state index contributed by atoms with van der Waals surface area (Å²) in [6, 6.07) is 4.02. The molecule has 0 atom stereocenters. The summed E-state index contributed by atoms with van der Waals surface area (Å²) in [6.07, 6.45) is 1.91. The zero-order valence-electron chi connectivity index (χ0n) is 9.16. The van der Waals surface area contributed by atoms with Crippen molar-refractivity contribution in [2.45, 2.75) is 19.4 Å². The van der Waals surface area contributed by atoms with Crippen molar-refractivity contribution in [1.29, 1.82) is 0 Å². The van der Waals surface area contributed by atoms with Crippen molar-refractivity contribution in [1.82, 2.24) is 15.3 Å². The Morgan fingerprint density at radius 2 is 2.27 bits per heavy atom. The SMILES string of the molecule is CNC(C)(C)c1nc(-c2ccc[nH]2)cs1. The molecule has 0 aliphatic heterocycles. The number of rotatable bonds is 3. The Balaban J connectivity index is 2.33. The molecule has 0 aromatic carbocycles. The average Bonchev–Trinajstić information content (AvgIpc) is 2.88. The number of aromatic nitrogens is 2. The summed E-state index contributed by atoms with van der Waals surface area (Å²) in [7, 11) is 1.95. The van der Waals surface area contributed by atoms with Crippen LogP contribution in [0.3, 0.4) is 0 Å². The number of nitrogens with one attached hydrogen (secondary N) is 2. The summed E-state index contributed by atoms with van der Waals surface area (Å²) in [5.41, 5.74) is 2.03. The summed E-state index contributed by atoms with van der Waals surface area (Å²) in [5, 5.41) is 6.44. The lowest BCUT2D eigenvalue weighted by molar-refractivity contribution is 0.442. The number of nitrogens with zero attached hydrogens (tertiary/aromatic N) is 1. The predicted octanol–water partition coefficient (Wildman–Crippen LogP) is 2.59. The monoisotopic (exact) mass is 221 g/mol. The second-order valence-electron chi connectivity index (χ2n) is 4.00. The van der Waals surface area contributed by atoms with Gasteiger partial charge in [-0.25, -0.2) is 4.98 Å². The molecule has 0 bridgehead atoms. The number of aromatic amines is 1. The molecule has 2 aromatic heterocycles. The van der Waals surface area contributed by atoms with Crippen LogP contribution in [-0.4, -0.2) is 17.0 Å². The minimum absolute atomic E-state index is 0.0600. The van der Waals surface area contributed by atoms with Crippen molar-refractivity contribution >= 4 is 11.3 Å². The summed E-state index contributed by atoms with van der Waals surface area (Å²) in [4.78, 5) is 7.78. The maximum Gasteiger partial charge on any atom is 0.113 e. The van der Waals surface area contributed by atoms with Gasteiger partial charge in [0, 0.05) is 11.6 Å². The molecule has 2 aromatic rings. The van der Waals surface area contributed by atoms with Crippen LogP contribution < -0.4 is 5.32 Å². The topological polar surface area (TPSA) is 40.7 Å². The van der Waals surface area contributed by atoms with E-state index in [0.717, 1.165) is 16.4 Å². The summed E-state index contributed by atoms with van der Waals surface area (Å²) < 4.78 is 0. The highest BCUT2D eigenvalue weighted by Crippen LogP contribution is 2.27. The van der Waals surface area contributed by atoms with Gasteiger partial charge in [-0.05, 0) is 33.0 Å².